The van der Waals surface area contributed by atoms with Gasteiger partial charge in [-0.1, -0.05) is 17.7 Å². The van der Waals surface area contributed by atoms with Gasteiger partial charge in [-0.25, -0.2) is 13.2 Å². The fourth-order valence-corrected chi connectivity index (χ4v) is 1.17. The largest absolute Gasteiger partial charge is 0.317 e. The summed E-state index contributed by atoms with van der Waals surface area (Å²) in [4.78, 5) is 0. The minimum Gasteiger partial charge on any atom is -0.317 e. The number of halogens is 3. The normalized spacial score (nSPS) is 15.6. The Morgan fingerprint density at radius 1 is 1.36 bits per heavy atom. The molecule has 0 saturated carbocycles. The quantitative estimate of drug-likeness (QED) is 0.785. The Hall–Kier alpha value is -1.03. The number of hydrogen-bond acceptors (Lipinski definition) is 1. The van der Waals surface area contributed by atoms with Gasteiger partial charge in [-0.05, 0) is 19.9 Å². The Balaban J connectivity index is 3.24. The van der Waals surface area contributed by atoms with E-state index in [0.717, 1.165) is 13.0 Å². The van der Waals surface area contributed by atoms with Gasteiger partial charge in [-0.3, -0.25) is 0 Å². The molecule has 1 unspecified atom stereocenters. The van der Waals surface area contributed by atoms with E-state index in [1.807, 2.05) is 0 Å². The molecular formula is C10H12F3N. The fraction of sp³-hybridized carbons (Fsp3) is 0.400. The van der Waals surface area contributed by atoms with Crippen molar-refractivity contribution in [3.05, 3.63) is 35.1 Å². The predicted molar refractivity (Wildman–Crippen MR) is 48.7 cm³/mol. The van der Waals surface area contributed by atoms with E-state index in [0.29, 0.717) is 5.56 Å². The predicted octanol–water partition coefficient (Wildman–Crippen LogP) is 2.57. The van der Waals surface area contributed by atoms with Gasteiger partial charge >= 0.3 is 0 Å². The third-order valence-electron chi connectivity index (χ3n) is 2.16. The second-order valence-corrected chi connectivity index (χ2v) is 3.57. The number of nitrogens with two attached hydrogens (primary N) is 1. The highest BCUT2D eigenvalue weighted by Gasteiger charge is 2.34. The molecule has 0 aromatic heterocycles. The standard InChI is InChI=1S/C10H12F3N/c1-6-3-4-8(11)7(5-6)10(2,14)9(12)13/h3-5,9H,14H2,1-2H3. The lowest BCUT2D eigenvalue weighted by Gasteiger charge is -2.24. The summed E-state index contributed by atoms with van der Waals surface area (Å²) >= 11 is 0. The van der Waals surface area contributed by atoms with Gasteiger partial charge in [0.2, 0.25) is 0 Å². The van der Waals surface area contributed by atoms with Crippen molar-refractivity contribution in [2.45, 2.75) is 25.8 Å². The van der Waals surface area contributed by atoms with Gasteiger partial charge < -0.3 is 5.73 Å². The second kappa shape index (κ2) is 3.61. The molecule has 14 heavy (non-hydrogen) atoms. The first kappa shape index (κ1) is 11.0. The van der Waals surface area contributed by atoms with Crippen molar-refractivity contribution >= 4 is 0 Å². The van der Waals surface area contributed by atoms with Crippen molar-refractivity contribution in [3.8, 4) is 0 Å². The molecular weight excluding hydrogens is 191 g/mol. The molecule has 0 fully saturated rings. The van der Waals surface area contributed by atoms with Crippen LogP contribution in [-0.2, 0) is 5.54 Å². The zero-order chi connectivity index (χ0) is 10.9. The van der Waals surface area contributed by atoms with Gasteiger partial charge in [0, 0.05) is 5.56 Å². The monoisotopic (exact) mass is 203 g/mol. The SMILES string of the molecule is Cc1ccc(F)c(C(C)(N)C(F)F)c1. The summed E-state index contributed by atoms with van der Waals surface area (Å²) in [5.74, 6) is -0.694. The average Bonchev–Trinajstić information content (AvgIpc) is 2.08. The van der Waals surface area contributed by atoms with E-state index in [9.17, 15) is 13.2 Å². The number of alkyl halides is 2. The van der Waals surface area contributed by atoms with Crippen molar-refractivity contribution in [2.24, 2.45) is 5.73 Å². The first-order valence-electron chi connectivity index (χ1n) is 4.19. The molecule has 0 heterocycles. The summed E-state index contributed by atoms with van der Waals surface area (Å²) in [6.45, 7) is 2.82. The summed E-state index contributed by atoms with van der Waals surface area (Å²) in [5, 5.41) is 0. The molecule has 1 nitrogen and oxygen atoms in total. The molecule has 0 aliphatic carbocycles. The summed E-state index contributed by atoms with van der Waals surface area (Å²) in [7, 11) is 0. The summed E-state index contributed by atoms with van der Waals surface area (Å²) in [6, 6.07) is 4.01. The van der Waals surface area contributed by atoms with Crippen molar-refractivity contribution in [1.82, 2.24) is 0 Å². The van der Waals surface area contributed by atoms with Crippen molar-refractivity contribution in [3.63, 3.8) is 0 Å². The van der Waals surface area contributed by atoms with Crippen LogP contribution < -0.4 is 5.73 Å². The zero-order valence-electron chi connectivity index (χ0n) is 8.02. The van der Waals surface area contributed by atoms with E-state index in [1.54, 1.807) is 6.92 Å². The lowest BCUT2D eigenvalue weighted by molar-refractivity contribution is 0.0604. The molecule has 0 spiro atoms. The smallest absolute Gasteiger partial charge is 0.260 e. The van der Waals surface area contributed by atoms with Crippen molar-refractivity contribution < 1.29 is 13.2 Å². The number of hydrogen-bond donors (Lipinski definition) is 1. The van der Waals surface area contributed by atoms with E-state index < -0.39 is 17.8 Å². The van der Waals surface area contributed by atoms with Crippen molar-refractivity contribution in [2.75, 3.05) is 0 Å². The van der Waals surface area contributed by atoms with Gasteiger partial charge in [0.15, 0.2) is 0 Å². The Bertz CT molecular complexity index is 334. The molecule has 0 radical (unpaired) electrons. The second-order valence-electron chi connectivity index (χ2n) is 3.57. The van der Waals surface area contributed by atoms with Gasteiger partial charge in [0.25, 0.3) is 6.43 Å². The number of rotatable bonds is 2. The summed E-state index contributed by atoms with van der Waals surface area (Å²) in [6.07, 6.45) is -2.79. The van der Waals surface area contributed by atoms with Crippen LogP contribution >= 0.6 is 0 Å². The van der Waals surface area contributed by atoms with Crippen LogP contribution in [0.5, 0.6) is 0 Å². The molecule has 4 heteroatoms. The van der Waals surface area contributed by atoms with E-state index in [2.05, 4.69) is 0 Å². The van der Waals surface area contributed by atoms with Crippen LogP contribution in [0, 0.1) is 12.7 Å². The fourth-order valence-electron chi connectivity index (χ4n) is 1.17. The van der Waals surface area contributed by atoms with E-state index in [-0.39, 0.29) is 5.56 Å². The minimum absolute atomic E-state index is 0.146. The van der Waals surface area contributed by atoms with Crippen LogP contribution in [-0.4, -0.2) is 6.43 Å². The molecule has 1 aromatic carbocycles. The van der Waals surface area contributed by atoms with Crippen LogP contribution in [0.2, 0.25) is 0 Å². The molecule has 1 atom stereocenters. The first-order chi connectivity index (χ1) is 6.35. The topological polar surface area (TPSA) is 26.0 Å². The lowest BCUT2D eigenvalue weighted by Crippen LogP contribution is -2.41. The maximum atomic E-state index is 13.2. The van der Waals surface area contributed by atoms with E-state index in [4.69, 9.17) is 5.73 Å². The van der Waals surface area contributed by atoms with Gasteiger partial charge in [-0.2, -0.15) is 0 Å². The molecule has 1 aromatic rings. The van der Waals surface area contributed by atoms with Crippen LogP contribution in [0.3, 0.4) is 0 Å². The minimum atomic E-state index is -2.79. The molecule has 78 valence electrons. The first-order valence-corrected chi connectivity index (χ1v) is 4.19. The zero-order valence-corrected chi connectivity index (χ0v) is 8.02. The molecule has 0 aliphatic heterocycles. The van der Waals surface area contributed by atoms with Crippen LogP contribution in [0.1, 0.15) is 18.1 Å². The van der Waals surface area contributed by atoms with Gasteiger partial charge in [-0.15, -0.1) is 0 Å². The molecule has 1 rings (SSSR count). The molecule has 2 N–H and O–H groups in total. The highest BCUT2D eigenvalue weighted by Crippen LogP contribution is 2.27. The maximum Gasteiger partial charge on any atom is 0.260 e. The van der Waals surface area contributed by atoms with Crippen molar-refractivity contribution in [1.29, 1.82) is 0 Å². The molecule has 0 amide bonds. The average molecular weight is 203 g/mol. The Labute approximate surface area is 80.7 Å². The molecule has 0 bridgehead atoms. The number of benzene rings is 1. The lowest BCUT2D eigenvalue weighted by atomic mass is 9.92. The van der Waals surface area contributed by atoms with Gasteiger partial charge in [0.1, 0.15) is 11.4 Å². The van der Waals surface area contributed by atoms with E-state index in [1.165, 1.54) is 12.1 Å². The summed E-state index contributed by atoms with van der Waals surface area (Å²) in [5.41, 5.74) is 3.99. The summed E-state index contributed by atoms with van der Waals surface area (Å²) < 4.78 is 38.2. The third-order valence-corrected chi connectivity index (χ3v) is 2.16. The van der Waals surface area contributed by atoms with Crippen LogP contribution in [0.25, 0.3) is 0 Å². The number of aryl methyl sites for hydroxylation is 1. The maximum absolute atomic E-state index is 13.2. The molecule has 0 aliphatic rings. The van der Waals surface area contributed by atoms with Crippen LogP contribution in [0.15, 0.2) is 18.2 Å². The Morgan fingerprint density at radius 3 is 2.43 bits per heavy atom. The third kappa shape index (κ3) is 1.90. The van der Waals surface area contributed by atoms with Gasteiger partial charge in [0.05, 0.1) is 0 Å². The Morgan fingerprint density at radius 2 is 1.93 bits per heavy atom. The Kier molecular flexibility index (Phi) is 2.85. The van der Waals surface area contributed by atoms with Crippen LogP contribution in [0.4, 0.5) is 13.2 Å². The highest BCUT2D eigenvalue weighted by molar-refractivity contribution is 5.30. The molecule has 0 saturated heterocycles. The van der Waals surface area contributed by atoms with E-state index >= 15 is 0 Å². The highest BCUT2D eigenvalue weighted by atomic mass is 19.3.